The van der Waals surface area contributed by atoms with Crippen molar-refractivity contribution < 1.29 is 4.79 Å². The molecular weight excluding hydrogens is 284 g/mol. The van der Waals surface area contributed by atoms with E-state index in [2.05, 4.69) is 22.3 Å². The molecule has 1 aromatic carbocycles. The van der Waals surface area contributed by atoms with E-state index in [0.717, 1.165) is 24.9 Å². The summed E-state index contributed by atoms with van der Waals surface area (Å²) in [6.07, 6.45) is 11.4. The number of rotatable bonds is 4. The molecule has 1 aromatic rings. The van der Waals surface area contributed by atoms with Gasteiger partial charge in [-0.25, -0.2) is 0 Å². The summed E-state index contributed by atoms with van der Waals surface area (Å²) >= 11 is 0. The first kappa shape index (κ1) is 16.5. The van der Waals surface area contributed by atoms with Crippen molar-refractivity contribution in [2.75, 3.05) is 13.1 Å². The Bertz CT molecular complexity index is 483. The van der Waals surface area contributed by atoms with Gasteiger partial charge in [-0.2, -0.15) is 0 Å². The second-order valence-electron chi connectivity index (χ2n) is 7.20. The molecule has 1 saturated heterocycles. The Morgan fingerprint density at radius 1 is 0.913 bits per heavy atom. The van der Waals surface area contributed by atoms with Gasteiger partial charge in [-0.1, -0.05) is 44.2 Å². The summed E-state index contributed by atoms with van der Waals surface area (Å²) in [5.74, 6) is 0.100. The Kier molecular flexibility index (Phi) is 6.09. The number of likely N-dealkylation sites (tertiary alicyclic amines) is 1. The minimum Gasteiger partial charge on any atom is -0.349 e. The number of nitrogens with one attached hydrogen (secondary N) is 1. The summed E-state index contributed by atoms with van der Waals surface area (Å²) in [5, 5.41) is 3.25. The maximum absolute atomic E-state index is 12.4. The molecule has 0 aromatic heterocycles. The monoisotopic (exact) mass is 314 g/mol. The van der Waals surface area contributed by atoms with Crippen molar-refractivity contribution in [1.29, 1.82) is 0 Å². The quantitative estimate of drug-likeness (QED) is 0.906. The van der Waals surface area contributed by atoms with Crippen molar-refractivity contribution in [2.45, 2.75) is 70.4 Å². The number of nitrogens with zero attached hydrogens (tertiary/aromatic N) is 1. The Labute approximate surface area is 140 Å². The molecule has 23 heavy (non-hydrogen) atoms. The summed E-state index contributed by atoms with van der Waals surface area (Å²) in [6.45, 7) is 3.44. The highest BCUT2D eigenvalue weighted by molar-refractivity contribution is 5.94. The molecule has 126 valence electrons. The molecule has 1 saturated carbocycles. The SMILES string of the molecule is O=C(NC1CCCCCCC1)c1ccc(CN2CCCC2)cc1. The molecule has 0 bridgehead atoms. The zero-order valence-corrected chi connectivity index (χ0v) is 14.2. The van der Waals surface area contributed by atoms with Crippen LogP contribution in [0.1, 0.15) is 73.7 Å². The minimum absolute atomic E-state index is 0.100. The fourth-order valence-electron chi connectivity index (χ4n) is 3.83. The Morgan fingerprint density at radius 2 is 1.52 bits per heavy atom. The first-order valence-corrected chi connectivity index (χ1v) is 9.43. The van der Waals surface area contributed by atoms with Crippen molar-refractivity contribution in [1.82, 2.24) is 10.2 Å². The summed E-state index contributed by atoms with van der Waals surface area (Å²) in [5.41, 5.74) is 2.12. The summed E-state index contributed by atoms with van der Waals surface area (Å²) in [6, 6.07) is 8.58. The van der Waals surface area contributed by atoms with Crippen LogP contribution >= 0.6 is 0 Å². The van der Waals surface area contributed by atoms with E-state index in [-0.39, 0.29) is 5.91 Å². The predicted molar refractivity (Wildman–Crippen MR) is 94.5 cm³/mol. The van der Waals surface area contributed by atoms with Crippen molar-refractivity contribution in [3.8, 4) is 0 Å². The third-order valence-electron chi connectivity index (χ3n) is 5.26. The number of amides is 1. The molecule has 1 N–H and O–H groups in total. The van der Waals surface area contributed by atoms with Crippen LogP contribution in [0.5, 0.6) is 0 Å². The van der Waals surface area contributed by atoms with E-state index in [0.29, 0.717) is 6.04 Å². The maximum atomic E-state index is 12.4. The Balaban J connectivity index is 1.52. The van der Waals surface area contributed by atoms with E-state index in [1.54, 1.807) is 0 Å². The number of hydrogen-bond acceptors (Lipinski definition) is 2. The van der Waals surface area contributed by atoms with Gasteiger partial charge in [0.1, 0.15) is 0 Å². The number of benzene rings is 1. The van der Waals surface area contributed by atoms with Gasteiger partial charge in [0.25, 0.3) is 5.91 Å². The van der Waals surface area contributed by atoms with E-state index in [9.17, 15) is 4.79 Å². The summed E-state index contributed by atoms with van der Waals surface area (Å²) in [7, 11) is 0. The lowest BCUT2D eigenvalue weighted by molar-refractivity contribution is 0.0930. The first-order valence-electron chi connectivity index (χ1n) is 9.43. The molecule has 0 spiro atoms. The number of carbonyl (C=O) groups is 1. The fourth-order valence-corrected chi connectivity index (χ4v) is 3.83. The van der Waals surface area contributed by atoms with Crippen LogP contribution in [0.3, 0.4) is 0 Å². The van der Waals surface area contributed by atoms with Crippen LogP contribution in [0, 0.1) is 0 Å². The third kappa shape index (κ3) is 5.07. The molecular formula is C20H30N2O. The second-order valence-corrected chi connectivity index (χ2v) is 7.20. The highest BCUT2D eigenvalue weighted by Gasteiger charge is 2.16. The van der Waals surface area contributed by atoms with Crippen LogP contribution in [-0.4, -0.2) is 29.9 Å². The molecule has 0 atom stereocenters. The van der Waals surface area contributed by atoms with Crippen molar-refractivity contribution >= 4 is 5.91 Å². The third-order valence-corrected chi connectivity index (χ3v) is 5.26. The molecule has 1 heterocycles. The van der Waals surface area contributed by atoms with Crippen molar-refractivity contribution in [2.24, 2.45) is 0 Å². The Hall–Kier alpha value is -1.35. The fraction of sp³-hybridized carbons (Fsp3) is 0.650. The van der Waals surface area contributed by atoms with Gasteiger partial charge in [-0.05, 0) is 56.5 Å². The zero-order chi connectivity index (χ0) is 15.9. The first-order chi connectivity index (χ1) is 11.3. The standard InChI is InChI=1S/C20H30N2O/c23-20(21-19-8-4-2-1-3-5-9-19)18-12-10-17(11-13-18)16-22-14-6-7-15-22/h10-13,19H,1-9,14-16H2,(H,21,23). The van der Waals surface area contributed by atoms with Crippen LogP contribution < -0.4 is 5.32 Å². The van der Waals surface area contributed by atoms with Gasteiger partial charge in [0.15, 0.2) is 0 Å². The van der Waals surface area contributed by atoms with Gasteiger partial charge in [0.2, 0.25) is 0 Å². The van der Waals surface area contributed by atoms with Gasteiger partial charge in [-0.3, -0.25) is 9.69 Å². The van der Waals surface area contributed by atoms with Gasteiger partial charge < -0.3 is 5.32 Å². The van der Waals surface area contributed by atoms with Crippen LogP contribution in [-0.2, 0) is 6.54 Å². The molecule has 3 rings (SSSR count). The van der Waals surface area contributed by atoms with Gasteiger partial charge in [-0.15, -0.1) is 0 Å². The van der Waals surface area contributed by atoms with E-state index in [4.69, 9.17) is 0 Å². The summed E-state index contributed by atoms with van der Waals surface area (Å²) in [4.78, 5) is 14.9. The van der Waals surface area contributed by atoms with E-state index < -0.39 is 0 Å². The smallest absolute Gasteiger partial charge is 0.251 e. The molecule has 1 amide bonds. The van der Waals surface area contributed by atoms with Crippen molar-refractivity contribution in [3.05, 3.63) is 35.4 Å². The average Bonchev–Trinajstić information content (AvgIpc) is 3.03. The summed E-state index contributed by atoms with van der Waals surface area (Å²) < 4.78 is 0. The van der Waals surface area contributed by atoms with Gasteiger partial charge in [0.05, 0.1) is 0 Å². The Morgan fingerprint density at radius 3 is 2.17 bits per heavy atom. The molecule has 0 unspecified atom stereocenters. The average molecular weight is 314 g/mol. The number of carbonyl (C=O) groups excluding carboxylic acids is 1. The van der Waals surface area contributed by atoms with E-state index in [1.165, 1.54) is 63.6 Å². The van der Waals surface area contributed by atoms with Crippen LogP contribution in [0.4, 0.5) is 0 Å². The van der Waals surface area contributed by atoms with Gasteiger partial charge in [0, 0.05) is 18.2 Å². The van der Waals surface area contributed by atoms with Crippen LogP contribution in [0.25, 0.3) is 0 Å². The molecule has 2 fully saturated rings. The van der Waals surface area contributed by atoms with E-state index >= 15 is 0 Å². The molecule has 1 aliphatic heterocycles. The lowest BCUT2D eigenvalue weighted by Crippen LogP contribution is -2.35. The van der Waals surface area contributed by atoms with Crippen molar-refractivity contribution in [3.63, 3.8) is 0 Å². The largest absolute Gasteiger partial charge is 0.349 e. The topological polar surface area (TPSA) is 32.3 Å². The lowest BCUT2D eigenvalue weighted by atomic mass is 9.96. The zero-order valence-electron chi connectivity index (χ0n) is 14.2. The van der Waals surface area contributed by atoms with Crippen LogP contribution in [0.2, 0.25) is 0 Å². The highest BCUT2D eigenvalue weighted by Crippen LogP contribution is 2.18. The van der Waals surface area contributed by atoms with Crippen LogP contribution in [0.15, 0.2) is 24.3 Å². The highest BCUT2D eigenvalue weighted by atomic mass is 16.1. The second kappa shape index (κ2) is 8.49. The maximum Gasteiger partial charge on any atom is 0.251 e. The molecule has 0 radical (unpaired) electrons. The van der Waals surface area contributed by atoms with E-state index in [1.807, 2.05) is 12.1 Å². The molecule has 3 heteroatoms. The predicted octanol–water partition coefficient (Wildman–Crippen LogP) is 4.13. The molecule has 2 aliphatic rings. The molecule has 3 nitrogen and oxygen atoms in total. The molecule has 1 aliphatic carbocycles. The van der Waals surface area contributed by atoms with Gasteiger partial charge >= 0.3 is 0 Å². The number of hydrogen-bond donors (Lipinski definition) is 1. The normalized spacial score (nSPS) is 20.9. The minimum atomic E-state index is 0.100. The lowest BCUT2D eigenvalue weighted by Gasteiger charge is -2.21.